The van der Waals surface area contributed by atoms with E-state index < -0.39 is 30.6 Å². The molecule has 0 radical (unpaired) electrons. The van der Waals surface area contributed by atoms with E-state index in [1.807, 2.05) is 6.26 Å². The van der Waals surface area contributed by atoms with E-state index in [1.165, 1.54) is 11.8 Å². The average molecular weight is 333 g/mol. The van der Waals surface area contributed by atoms with E-state index in [2.05, 4.69) is 16.0 Å². The summed E-state index contributed by atoms with van der Waals surface area (Å²) in [5, 5.41) is 25.8. The van der Waals surface area contributed by atoms with Gasteiger partial charge in [-0.3, -0.25) is 9.59 Å². The molecule has 0 aromatic rings. The minimum absolute atomic E-state index is 0.255. The summed E-state index contributed by atoms with van der Waals surface area (Å²) < 4.78 is 0. The molecule has 0 saturated carbocycles. The number of hydrogen-bond acceptors (Lipinski definition) is 6. The number of thioether (sulfide) groups is 1. The van der Waals surface area contributed by atoms with Crippen LogP contribution in [0.2, 0.25) is 0 Å². The molecule has 1 aliphatic heterocycles. The summed E-state index contributed by atoms with van der Waals surface area (Å²) in [6.07, 6.45) is 3.90. The summed E-state index contributed by atoms with van der Waals surface area (Å²) in [6.45, 7) is 0.0693. The van der Waals surface area contributed by atoms with Crippen molar-refractivity contribution in [2.24, 2.45) is 0 Å². The zero-order chi connectivity index (χ0) is 16.5. The van der Waals surface area contributed by atoms with Crippen LogP contribution in [0.3, 0.4) is 0 Å². The van der Waals surface area contributed by atoms with Gasteiger partial charge in [0.15, 0.2) is 0 Å². The van der Waals surface area contributed by atoms with Gasteiger partial charge < -0.3 is 26.2 Å². The van der Waals surface area contributed by atoms with Crippen LogP contribution in [0.4, 0.5) is 0 Å². The molecule has 5 N–H and O–H groups in total. The Labute approximate surface area is 133 Å². The fourth-order valence-corrected chi connectivity index (χ4v) is 2.61. The average Bonchev–Trinajstić information content (AvgIpc) is 3.02. The number of nitrogens with one attached hydrogen (secondary N) is 3. The molecule has 1 rings (SSSR count). The fraction of sp³-hybridized carbons (Fsp3) is 0.769. The molecule has 0 aromatic carbocycles. The Morgan fingerprint density at radius 2 is 2.05 bits per heavy atom. The van der Waals surface area contributed by atoms with Gasteiger partial charge in [-0.15, -0.1) is 0 Å². The number of aliphatic carboxylic acids is 1. The number of carboxylic acids is 1. The van der Waals surface area contributed by atoms with E-state index >= 15 is 0 Å². The Hall–Kier alpha value is -1.32. The quantitative estimate of drug-likeness (QED) is 0.349. The number of aliphatic hydroxyl groups excluding tert-OH is 1. The predicted octanol–water partition coefficient (Wildman–Crippen LogP) is -1.46. The highest BCUT2D eigenvalue weighted by Crippen LogP contribution is 2.07. The topological polar surface area (TPSA) is 128 Å². The molecule has 0 bridgehead atoms. The Bertz CT molecular complexity index is 401. The zero-order valence-corrected chi connectivity index (χ0v) is 13.3. The van der Waals surface area contributed by atoms with Gasteiger partial charge in [0.1, 0.15) is 12.1 Å². The minimum Gasteiger partial charge on any atom is -0.480 e. The van der Waals surface area contributed by atoms with Crippen LogP contribution in [0.15, 0.2) is 0 Å². The van der Waals surface area contributed by atoms with Crippen molar-refractivity contribution in [1.29, 1.82) is 0 Å². The van der Waals surface area contributed by atoms with Crippen LogP contribution in [0.1, 0.15) is 19.3 Å². The van der Waals surface area contributed by atoms with Crippen LogP contribution in [0.25, 0.3) is 0 Å². The Morgan fingerprint density at radius 1 is 1.32 bits per heavy atom. The smallest absolute Gasteiger partial charge is 0.328 e. The summed E-state index contributed by atoms with van der Waals surface area (Å²) in [7, 11) is 0. The van der Waals surface area contributed by atoms with Crippen LogP contribution in [0.5, 0.6) is 0 Å². The number of carbonyl (C=O) groups excluding carboxylic acids is 2. The lowest BCUT2D eigenvalue weighted by atomic mass is 10.1. The van der Waals surface area contributed by atoms with E-state index in [1.54, 1.807) is 0 Å². The van der Waals surface area contributed by atoms with Gasteiger partial charge in [0.25, 0.3) is 0 Å². The SMILES string of the molecule is CSCCC(NC(=O)C1CCCN1)C(=O)NC(CO)C(=O)O. The Kier molecular flexibility index (Phi) is 8.21. The molecule has 3 atom stereocenters. The highest BCUT2D eigenvalue weighted by Gasteiger charge is 2.29. The van der Waals surface area contributed by atoms with Gasteiger partial charge in [0.2, 0.25) is 11.8 Å². The molecule has 2 amide bonds. The predicted molar refractivity (Wildman–Crippen MR) is 82.6 cm³/mol. The van der Waals surface area contributed by atoms with Crippen LogP contribution in [0, 0.1) is 0 Å². The summed E-state index contributed by atoms with van der Waals surface area (Å²) in [5.41, 5.74) is 0. The standard InChI is InChI=1S/C13H23N3O5S/c1-22-6-4-9(12(19)16-10(7-17)13(20)21)15-11(18)8-3-2-5-14-8/h8-10,14,17H,2-7H2,1H3,(H,15,18)(H,16,19)(H,20,21). The maximum absolute atomic E-state index is 12.1. The van der Waals surface area contributed by atoms with Crippen LogP contribution in [-0.2, 0) is 14.4 Å². The van der Waals surface area contributed by atoms with Crippen molar-refractivity contribution in [1.82, 2.24) is 16.0 Å². The highest BCUT2D eigenvalue weighted by atomic mass is 32.2. The third-order valence-electron chi connectivity index (χ3n) is 3.42. The molecule has 126 valence electrons. The lowest BCUT2D eigenvalue weighted by molar-refractivity contribution is -0.143. The first-order valence-electron chi connectivity index (χ1n) is 7.16. The van der Waals surface area contributed by atoms with Crippen molar-refractivity contribution < 1.29 is 24.6 Å². The molecular formula is C13H23N3O5S. The second-order valence-corrected chi connectivity index (χ2v) is 6.06. The first kappa shape index (κ1) is 18.7. The molecule has 0 aromatic heterocycles. The van der Waals surface area contributed by atoms with Crippen LogP contribution < -0.4 is 16.0 Å². The summed E-state index contributed by atoms with van der Waals surface area (Å²) in [5.74, 6) is -1.52. The third kappa shape index (κ3) is 5.82. The lowest BCUT2D eigenvalue weighted by Gasteiger charge is -2.22. The first-order chi connectivity index (χ1) is 10.5. The molecule has 0 spiro atoms. The maximum atomic E-state index is 12.1. The molecule has 22 heavy (non-hydrogen) atoms. The van der Waals surface area contributed by atoms with Crippen molar-refractivity contribution in [3.63, 3.8) is 0 Å². The summed E-state index contributed by atoms with van der Waals surface area (Å²) in [4.78, 5) is 35.1. The van der Waals surface area contributed by atoms with Crippen molar-refractivity contribution >= 4 is 29.5 Å². The molecule has 1 aliphatic rings. The number of carbonyl (C=O) groups is 3. The first-order valence-corrected chi connectivity index (χ1v) is 8.55. The van der Waals surface area contributed by atoms with Crippen molar-refractivity contribution in [3.8, 4) is 0 Å². The molecule has 8 nitrogen and oxygen atoms in total. The molecule has 1 fully saturated rings. The van der Waals surface area contributed by atoms with Gasteiger partial charge >= 0.3 is 5.97 Å². The second kappa shape index (κ2) is 9.65. The van der Waals surface area contributed by atoms with Crippen molar-refractivity contribution in [2.75, 3.05) is 25.2 Å². The zero-order valence-electron chi connectivity index (χ0n) is 12.5. The highest BCUT2D eigenvalue weighted by molar-refractivity contribution is 7.98. The van der Waals surface area contributed by atoms with Gasteiger partial charge in [0.05, 0.1) is 12.6 Å². The minimum atomic E-state index is -1.37. The van der Waals surface area contributed by atoms with E-state index in [-0.39, 0.29) is 11.9 Å². The van der Waals surface area contributed by atoms with Crippen LogP contribution in [-0.4, -0.2) is 71.3 Å². The van der Waals surface area contributed by atoms with Crippen molar-refractivity contribution in [3.05, 3.63) is 0 Å². The Morgan fingerprint density at radius 3 is 2.55 bits per heavy atom. The number of rotatable bonds is 9. The monoisotopic (exact) mass is 333 g/mol. The summed E-state index contributed by atoms with van der Waals surface area (Å²) in [6, 6.07) is -2.49. The van der Waals surface area contributed by atoms with Crippen LogP contribution >= 0.6 is 11.8 Å². The van der Waals surface area contributed by atoms with Gasteiger partial charge in [0, 0.05) is 0 Å². The molecular weight excluding hydrogens is 310 g/mol. The van der Waals surface area contributed by atoms with E-state index in [0.29, 0.717) is 12.2 Å². The number of carboxylic acid groups (broad SMARTS) is 1. The van der Waals surface area contributed by atoms with E-state index in [9.17, 15) is 14.4 Å². The number of amides is 2. The largest absolute Gasteiger partial charge is 0.480 e. The van der Waals surface area contributed by atoms with Gasteiger partial charge in [-0.25, -0.2) is 4.79 Å². The fourth-order valence-electron chi connectivity index (χ4n) is 2.14. The van der Waals surface area contributed by atoms with E-state index in [0.717, 1.165) is 19.4 Å². The van der Waals surface area contributed by atoms with E-state index in [4.69, 9.17) is 10.2 Å². The second-order valence-electron chi connectivity index (χ2n) is 5.07. The summed E-state index contributed by atoms with van der Waals surface area (Å²) >= 11 is 1.53. The van der Waals surface area contributed by atoms with Gasteiger partial charge in [-0.2, -0.15) is 11.8 Å². The molecule has 0 aliphatic carbocycles. The van der Waals surface area contributed by atoms with Crippen molar-refractivity contribution in [2.45, 2.75) is 37.4 Å². The third-order valence-corrected chi connectivity index (χ3v) is 4.06. The molecule has 1 heterocycles. The number of hydrogen-bond donors (Lipinski definition) is 5. The Balaban J connectivity index is 2.63. The molecule has 3 unspecified atom stereocenters. The molecule has 9 heteroatoms. The maximum Gasteiger partial charge on any atom is 0.328 e. The van der Waals surface area contributed by atoms with Gasteiger partial charge in [-0.1, -0.05) is 0 Å². The lowest BCUT2D eigenvalue weighted by Crippen LogP contribution is -2.55. The van der Waals surface area contributed by atoms with Gasteiger partial charge in [-0.05, 0) is 37.8 Å². The number of aliphatic hydroxyl groups is 1. The normalized spacial score (nSPS) is 20.2. The molecule has 1 saturated heterocycles.